The van der Waals surface area contributed by atoms with Gasteiger partial charge in [-0.3, -0.25) is 0 Å². The van der Waals surface area contributed by atoms with Crippen molar-refractivity contribution in [2.75, 3.05) is 18.0 Å². The van der Waals surface area contributed by atoms with Crippen LogP contribution in [0.5, 0.6) is 0 Å². The van der Waals surface area contributed by atoms with Crippen molar-refractivity contribution in [1.82, 2.24) is 24.5 Å². The van der Waals surface area contributed by atoms with E-state index >= 15 is 0 Å². The third kappa shape index (κ3) is 4.04. The molecule has 1 saturated heterocycles. The molecule has 4 aromatic rings. The topological polar surface area (TPSA) is 69.0 Å². The molecule has 0 radical (unpaired) electrons. The average molecular weight is 450 g/mol. The third-order valence-electron chi connectivity index (χ3n) is 5.90. The fourth-order valence-electron chi connectivity index (χ4n) is 4.14. The molecule has 1 aliphatic rings. The van der Waals surface area contributed by atoms with Gasteiger partial charge in [-0.05, 0) is 44.5 Å². The highest BCUT2D eigenvalue weighted by Crippen LogP contribution is 2.33. The molecule has 5 rings (SSSR count). The summed E-state index contributed by atoms with van der Waals surface area (Å²) in [6.07, 6.45) is 3.31. The summed E-state index contributed by atoms with van der Waals surface area (Å²) in [5.41, 5.74) is 3.66. The van der Waals surface area contributed by atoms with E-state index in [1.54, 1.807) is 6.33 Å². The number of fused-ring (bicyclic) bond motifs is 1. The van der Waals surface area contributed by atoms with Crippen molar-refractivity contribution >= 4 is 17.0 Å². The second-order valence-corrected chi connectivity index (χ2v) is 8.56. The second-order valence-electron chi connectivity index (χ2n) is 8.56. The highest BCUT2D eigenvalue weighted by molar-refractivity contribution is 5.92. The number of nitrogens with zero attached hydrogens (tertiary/aromatic N) is 6. The van der Waals surface area contributed by atoms with E-state index in [2.05, 4.69) is 9.97 Å². The van der Waals surface area contributed by atoms with Gasteiger partial charge in [-0.2, -0.15) is 4.98 Å². The lowest BCUT2D eigenvalue weighted by molar-refractivity contribution is -0.0198. The monoisotopic (exact) mass is 450 g/mol. The predicted octanol–water partition coefficient (Wildman–Crippen LogP) is 4.29. The molecule has 1 fully saturated rings. The Labute approximate surface area is 190 Å². The van der Waals surface area contributed by atoms with Crippen molar-refractivity contribution in [1.29, 1.82) is 0 Å². The van der Waals surface area contributed by atoms with Crippen molar-refractivity contribution in [2.24, 2.45) is 7.05 Å². The van der Waals surface area contributed by atoms with E-state index in [0.717, 1.165) is 23.0 Å². The minimum atomic E-state index is -0.680. The molecule has 9 heteroatoms. The van der Waals surface area contributed by atoms with Gasteiger partial charge in [0.05, 0.1) is 30.4 Å². The van der Waals surface area contributed by atoms with Gasteiger partial charge in [0.1, 0.15) is 17.7 Å². The summed E-state index contributed by atoms with van der Waals surface area (Å²) in [4.78, 5) is 20.6. The first-order valence-corrected chi connectivity index (χ1v) is 10.8. The van der Waals surface area contributed by atoms with Gasteiger partial charge in [0.25, 0.3) is 0 Å². The van der Waals surface area contributed by atoms with Crippen LogP contribution in [0.25, 0.3) is 22.3 Å². The summed E-state index contributed by atoms with van der Waals surface area (Å²) in [6.45, 7) is 6.87. The molecule has 0 saturated carbocycles. The second kappa shape index (κ2) is 8.15. The minimum Gasteiger partial charge on any atom is -0.365 e. The quantitative estimate of drug-likeness (QED) is 0.464. The zero-order valence-corrected chi connectivity index (χ0v) is 18.9. The van der Waals surface area contributed by atoms with Crippen LogP contribution >= 0.6 is 0 Å². The molecule has 0 unspecified atom stereocenters. The first kappa shape index (κ1) is 21.4. The number of aryl methyl sites for hydroxylation is 3. The number of benzene rings is 1. The molecular weight excluding hydrogens is 426 g/mol. The fourth-order valence-corrected chi connectivity index (χ4v) is 4.14. The molecule has 3 aromatic heterocycles. The molecule has 0 spiro atoms. The van der Waals surface area contributed by atoms with Gasteiger partial charge >= 0.3 is 0 Å². The largest absolute Gasteiger partial charge is 0.365 e. The van der Waals surface area contributed by atoms with Crippen LogP contribution in [0.1, 0.15) is 30.0 Å². The number of anilines is 1. The van der Waals surface area contributed by atoms with E-state index in [4.69, 9.17) is 14.7 Å². The Morgan fingerprint density at radius 3 is 2.61 bits per heavy atom. The van der Waals surface area contributed by atoms with Crippen molar-refractivity contribution < 1.29 is 13.5 Å². The molecule has 33 heavy (non-hydrogen) atoms. The molecule has 0 bridgehead atoms. The van der Waals surface area contributed by atoms with Gasteiger partial charge in [0.2, 0.25) is 5.95 Å². The highest BCUT2D eigenvalue weighted by atomic mass is 19.1. The van der Waals surface area contributed by atoms with Crippen LogP contribution in [0.2, 0.25) is 0 Å². The molecule has 7 nitrogen and oxygen atoms in total. The Morgan fingerprint density at radius 2 is 1.88 bits per heavy atom. The summed E-state index contributed by atoms with van der Waals surface area (Å²) in [5, 5.41) is 0.620. The van der Waals surface area contributed by atoms with Gasteiger partial charge in [0, 0.05) is 42.5 Å². The number of ether oxygens (including phenoxy) is 1. The number of morpholine rings is 1. The Bertz CT molecular complexity index is 1350. The third-order valence-corrected chi connectivity index (χ3v) is 5.90. The lowest BCUT2D eigenvalue weighted by Crippen LogP contribution is -2.43. The van der Waals surface area contributed by atoms with Crippen LogP contribution in [0, 0.1) is 25.5 Å². The maximum atomic E-state index is 14.8. The summed E-state index contributed by atoms with van der Waals surface area (Å²) < 4.78 is 36.4. The number of halogens is 2. The zero-order chi connectivity index (χ0) is 23.3. The first-order chi connectivity index (χ1) is 15.8. The van der Waals surface area contributed by atoms with Crippen LogP contribution in [-0.4, -0.2) is 43.7 Å². The summed E-state index contributed by atoms with van der Waals surface area (Å²) in [6, 6.07) is 5.40. The fraction of sp³-hybridized carbons (Fsp3) is 0.333. The van der Waals surface area contributed by atoms with E-state index in [-0.39, 0.29) is 17.8 Å². The number of hydrogen-bond donors (Lipinski definition) is 0. The summed E-state index contributed by atoms with van der Waals surface area (Å²) >= 11 is 0. The van der Waals surface area contributed by atoms with Gasteiger partial charge in [-0.25, -0.2) is 23.7 Å². The average Bonchev–Trinajstić information content (AvgIpc) is 3.20. The predicted molar refractivity (Wildman–Crippen MR) is 121 cm³/mol. The van der Waals surface area contributed by atoms with E-state index < -0.39 is 11.6 Å². The summed E-state index contributed by atoms with van der Waals surface area (Å²) in [5.74, 6) is -0.894. The van der Waals surface area contributed by atoms with Crippen LogP contribution < -0.4 is 4.90 Å². The summed E-state index contributed by atoms with van der Waals surface area (Å²) in [7, 11) is 1.91. The van der Waals surface area contributed by atoms with E-state index in [0.29, 0.717) is 35.8 Å². The van der Waals surface area contributed by atoms with Crippen molar-refractivity contribution in [3.63, 3.8) is 0 Å². The molecule has 0 amide bonds. The normalized spacial score (nSPS) is 18.8. The number of hydrogen-bond acceptors (Lipinski definition) is 6. The van der Waals surface area contributed by atoms with Gasteiger partial charge in [0.15, 0.2) is 5.65 Å². The molecular formula is C24H24F2N6O. The highest BCUT2D eigenvalue weighted by Gasteiger charge is 2.30. The van der Waals surface area contributed by atoms with Crippen molar-refractivity contribution in [3.8, 4) is 11.3 Å². The van der Waals surface area contributed by atoms with Crippen LogP contribution in [0.4, 0.5) is 14.7 Å². The van der Waals surface area contributed by atoms with Crippen LogP contribution in [0.15, 0.2) is 36.8 Å². The number of pyridine rings is 1. The Balaban J connectivity index is 1.64. The molecule has 0 N–H and O–H groups in total. The number of aromatic nitrogens is 5. The molecule has 2 atom stereocenters. The van der Waals surface area contributed by atoms with E-state index in [1.165, 1.54) is 12.1 Å². The van der Waals surface area contributed by atoms with Gasteiger partial charge in [-0.1, -0.05) is 0 Å². The molecule has 0 aliphatic carbocycles. The standard InChI is InChI=1S/C24H24F2N6O/c1-13-7-18-22(17-6-5-16(25)8-19(17)26)29-24(30-23(18)28-15(13)3)32-9-14(2)33-21(11-32)20-10-31(4)12-27-20/h5-8,10,12,14,21H,9,11H2,1-4H3/t14-,21-/m0/s1. The Hall–Kier alpha value is -3.46. The van der Waals surface area contributed by atoms with Gasteiger partial charge in [-0.15, -0.1) is 0 Å². The lowest BCUT2D eigenvalue weighted by Gasteiger charge is -2.36. The van der Waals surface area contributed by atoms with Crippen molar-refractivity contribution in [2.45, 2.75) is 33.0 Å². The SMILES string of the molecule is Cc1cc2c(-c3ccc(F)cc3F)nc(N3C[C@@H](c4cn(C)cn4)O[C@@H](C)C3)nc2nc1C. The molecule has 4 heterocycles. The maximum Gasteiger partial charge on any atom is 0.228 e. The Morgan fingerprint density at radius 1 is 1.06 bits per heavy atom. The van der Waals surface area contributed by atoms with Crippen molar-refractivity contribution in [3.05, 3.63) is 65.4 Å². The minimum absolute atomic E-state index is 0.0937. The van der Waals surface area contributed by atoms with E-state index in [9.17, 15) is 8.78 Å². The first-order valence-electron chi connectivity index (χ1n) is 10.8. The smallest absolute Gasteiger partial charge is 0.228 e. The number of rotatable bonds is 3. The van der Waals surface area contributed by atoms with E-state index in [1.807, 2.05) is 49.5 Å². The van der Waals surface area contributed by atoms with Gasteiger partial charge < -0.3 is 14.2 Å². The molecule has 170 valence electrons. The van der Waals surface area contributed by atoms with Crippen LogP contribution in [-0.2, 0) is 11.8 Å². The van der Waals surface area contributed by atoms with Crippen LogP contribution in [0.3, 0.4) is 0 Å². The molecule has 1 aromatic carbocycles. The maximum absolute atomic E-state index is 14.8. The molecule has 1 aliphatic heterocycles. The Kier molecular flexibility index (Phi) is 5.28. The number of imidazole rings is 1. The zero-order valence-electron chi connectivity index (χ0n) is 18.9. The lowest BCUT2D eigenvalue weighted by atomic mass is 10.1.